The van der Waals surface area contributed by atoms with Gasteiger partial charge in [-0.1, -0.05) is 35.9 Å². The third-order valence-electron chi connectivity index (χ3n) is 3.96. The third kappa shape index (κ3) is 2.71. The number of esters is 1. The normalized spacial score (nSPS) is 11.0. The van der Waals surface area contributed by atoms with Crippen molar-refractivity contribution in [3.8, 4) is 0 Å². The van der Waals surface area contributed by atoms with Crippen LogP contribution in [0.2, 0.25) is 5.02 Å². The first-order valence-corrected chi connectivity index (χ1v) is 8.84. The Morgan fingerprint density at radius 3 is 2.76 bits per heavy atom. The second-order valence-electron chi connectivity index (χ2n) is 5.42. The molecule has 0 aliphatic carbocycles. The van der Waals surface area contributed by atoms with Crippen molar-refractivity contribution in [2.45, 2.75) is 0 Å². The fraction of sp³-hybridized carbons (Fsp3) is 0.0526. The molecular formula is C19H13ClN2O2S. The standard InChI is InChI=1S/C19H13ClN2O2S/c1-24-19(23)12-6-4-5-11-16(12)22-18(13-9-10-25-17(11)13)21-15-8-3-2-7-14(15)20/h2-10H,1H3,(H,21,22). The maximum atomic E-state index is 12.1. The monoisotopic (exact) mass is 368 g/mol. The summed E-state index contributed by atoms with van der Waals surface area (Å²) in [4.78, 5) is 16.8. The van der Waals surface area contributed by atoms with E-state index in [1.165, 1.54) is 7.11 Å². The van der Waals surface area contributed by atoms with Crippen LogP contribution in [0.25, 0.3) is 21.0 Å². The van der Waals surface area contributed by atoms with Gasteiger partial charge in [0.1, 0.15) is 5.82 Å². The summed E-state index contributed by atoms with van der Waals surface area (Å²) in [5, 5.41) is 7.82. The van der Waals surface area contributed by atoms with Crippen molar-refractivity contribution in [2.75, 3.05) is 12.4 Å². The Labute approximate surface area is 153 Å². The molecule has 0 saturated heterocycles. The van der Waals surface area contributed by atoms with E-state index < -0.39 is 5.97 Å². The number of hydrogen-bond acceptors (Lipinski definition) is 5. The number of nitrogens with one attached hydrogen (secondary N) is 1. The number of benzene rings is 2. The van der Waals surface area contributed by atoms with Gasteiger partial charge in [0.25, 0.3) is 0 Å². The average Bonchev–Trinajstić information content (AvgIpc) is 3.13. The second kappa shape index (κ2) is 6.35. The molecular weight excluding hydrogens is 356 g/mol. The molecule has 0 radical (unpaired) electrons. The van der Waals surface area contributed by atoms with Gasteiger partial charge in [-0.2, -0.15) is 0 Å². The van der Waals surface area contributed by atoms with Gasteiger partial charge in [0.05, 0.1) is 28.9 Å². The molecule has 4 rings (SSSR count). The van der Waals surface area contributed by atoms with Crippen LogP contribution >= 0.6 is 22.9 Å². The number of anilines is 2. The van der Waals surface area contributed by atoms with Crippen LogP contribution in [0.4, 0.5) is 11.5 Å². The number of hydrogen-bond donors (Lipinski definition) is 1. The van der Waals surface area contributed by atoms with Crippen molar-refractivity contribution >= 4 is 61.4 Å². The number of thiophene rings is 1. The molecule has 0 fully saturated rings. The number of pyridine rings is 1. The van der Waals surface area contributed by atoms with E-state index in [0.717, 1.165) is 21.2 Å². The van der Waals surface area contributed by atoms with Gasteiger partial charge >= 0.3 is 5.97 Å². The molecule has 4 aromatic rings. The van der Waals surface area contributed by atoms with Crippen LogP contribution in [-0.2, 0) is 4.74 Å². The molecule has 0 saturated carbocycles. The number of fused-ring (bicyclic) bond motifs is 3. The van der Waals surface area contributed by atoms with Gasteiger partial charge < -0.3 is 10.1 Å². The van der Waals surface area contributed by atoms with E-state index in [9.17, 15) is 4.79 Å². The molecule has 0 aliphatic heterocycles. The smallest absolute Gasteiger partial charge is 0.340 e. The first-order chi connectivity index (χ1) is 12.2. The summed E-state index contributed by atoms with van der Waals surface area (Å²) < 4.78 is 5.96. The van der Waals surface area contributed by atoms with E-state index in [-0.39, 0.29) is 0 Å². The quantitative estimate of drug-likeness (QED) is 0.476. The predicted molar refractivity (Wildman–Crippen MR) is 103 cm³/mol. The molecule has 2 heterocycles. The molecule has 6 heteroatoms. The van der Waals surface area contributed by atoms with E-state index in [1.807, 2.05) is 47.8 Å². The SMILES string of the molecule is COC(=O)c1cccc2c1nc(Nc1ccccc1Cl)c1ccsc12. The van der Waals surface area contributed by atoms with Crippen molar-refractivity contribution in [1.29, 1.82) is 0 Å². The molecule has 0 aliphatic rings. The summed E-state index contributed by atoms with van der Waals surface area (Å²) in [6.07, 6.45) is 0. The van der Waals surface area contributed by atoms with E-state index in [1.54, 1.807) is 17.4 Å². The van der Waals surface area contributed by atoms with Crippen LogP contribution < -0.4 is 5.32 Å². The predicted octanol–water partition coefficient (Wildman–Crippen LogP) is 5.63. The number of methoxy groups -OCH3 is 1. The molecule has 2 aromatic heterocycles. The Kier molecular flexibility index (Phi) is 4.03. The highest BCUT2D eigenvalue weighted by molar-refractivity contribution is 7.18. The number of rotatable bonds is 3. The minimum absolute atomic E-state index is 0.405. The van der Waals surface area contributed by atoms with Crippen LogP contribution in [-0.4, -0.2) is 18.1 Å². The van der Waals surface area contributed by atoms with Gasteiger partial charge in [0.15, 0.2) is 0 Å². The van der Waals surface area contributed by atoms with Crippen molar-refractivity contribution in [1.82, 2.24) is 4.98 Å². The lowest BCUT2D eigenvalue weighted by molar-refractivity contribution is 0.0603. The summed E-state index contributed by atoms with van der Waals surface area (Å²) in [6, 6.07) is 15.0. The second-order valence-corrected chi connectivity index (χ2v) is 6.75. The summed E-state index contributed by atoms with van der Waals surface area (Å²) in [5.41, 5.74) is 1.82. The number of para-hydroxylation sites is 2. The fourth-order valence-corrected chi connectivity index (χ4v) is 3.89. The van der Waals surface area contributed by atoms with Gasteiger partial charge in [-0.3, -0.25) is 0 Å². The molecule has 2 aromatic carbocycles. The van der Waals surface area contributed by atoms with Gasteiger partial charge in [-0.05, 0) is 29.6 Å². The largest absolute Gasteiger partial charge is 0.465 e. The zero-order chi connectivity index (χ0) is 17.4. The highest BCUT2D eigenvalue weighted by Gasteiger charge is 2.17. The van der Waals surface area contributed by atoms with Gasteiger partial charge in [0, 0.05) is 15.5 Å². The van der Waals surface area contributed by atoms with E-state index in [4.69, 9.17) is 21.3 Å². The van der Waals surface area contributed by atoms with Crippen LogP contribution in [0.3, 0.4) is 0 Å². The maximum absolute atomic E-state index is 12.1. The Hall–Kier alpha value is -2.63. The number of aromatic nitrogens is 1. The molecule has 0 atom stereocenters. The van der Waals surface area contributed by atoms with Gasteiger partial charge in [0.2, 0.25) is 0 Å². The van der Waals surface area contributed by atoms with E-state index in [0.29, 0.717) is 21.9 Å². The molecule has 0 unspecified atom stereocenters. The molecule has 0 amide bonds. The van der Waals surface area contributed by atoms with Crippen LogP contribution in [0, 0.1) is 0 Å². The van der Waals surface area contributed by atoms with E-state index >= 15 is 0 Å². The zero-order valence-corrected chi connectivity index (χ0v) is 14.8. The molecule has 0 bridgehead atoms. The van der Waals surface area contributed by atoms with Crippen LogP contribution in [0.5, 0.6) is 0 Å². The minimum atomic E-state index is -0.405. The van der Waals surface area contributed by atoms with Crippen molar-refractivity contribution < 1.29 is 9.53 Å². The lowest BCUT2D eigenvalue weighted by atomic mass is 10.1. The number of nitrogens with zero attached hydrogens (tertiary/aromatic N) is 1. The van der Waals surface area contributed by atoms with Gasteiger partial charge in [-0.15, -0.1) is 11.3 Å². The van der Waals surface area contributed by atoms with Crippen LogP contribution in [0.15, 0.2) is 53.9 Å². The lowest BCUT2D eigenvalue weighted by Gasteiger charge is -2.12. The average molecular weight is 369 g/mol. The van der Waals surface area contributed by atoms with Crippen molar-refractivity contribution in [3.63, 3.8) is 0 Å². The number of carbonyl (C=O) groups is 1. The number of ether oxygens (including phenoxy) is 1. The summed E-state index contributed by atoms with van der Waals surface area (Å²) >= 11 is 7.87. The number of carbonyl (C=O) groups excluding carboxylic acids is 1. The Balaban J connectivity index is 1.98. The zero-order valence-electron chi connectivity index (χ0n) is 13.2. The van der Waals surface area contributed by atoms with E-state index in [2.05, 4.69) is 5.32 Å². The summed E-state index contributed by atoms with van der Waals surface area (Å²) in [5.74, 6) is 0.255. The molecule has 1 N–H and O–H groups in total. The minimum Gasteiger partial charge on any atom is -0.465 e. The first kappa shape index (κ1) is 15.9. The highest BCUT2D eigenvalue weighted by Crippen LogP contribution is 2.36. The molecule has 4 nitrogen and oxygen atoms in total. The van der Waals surface area contributed by atoms with Crippen molar-refractivity contribution in [3.05, 3.63) is 64.5 Å². The fourth-order valence-electron chi connectivity index (χ4n) is 2.78. The highest BCUT2D eigenvalue weighted by atomic mass is 35.5. The molecule has 25 heavy (non-hydrogen) atoms. The first-order valence-electron chi connectivity index (χ1n) is 7.59. The maximum Gasteiger partial charge on any atom is 0.340 e. The Morgan fingerprint density at radius 1 is 1.12 bits per heavy atom. The van der Waals surface area contributed by atoms with Crippen molar-refractivity contribution in [2.24, 2.45) is 0 Å². The third-order valence-corrected chi connectivity index (χ3v) is 5.23. The molecule has 124 valence electrons. The topological polar surface area (TPSA) is 51.2 Å². The van der Waals surface area contributed by atoms with Gasteiger partial charge in [-0.25, -0.2) is 9.78 Å². The summed E-state index contributed by atoms with van der Waals surface area (Å²) in [6.45, 7) is 0. The Morgan fingerprint density at radius 2 is 1.96 bits per heavy atom. The Bertz CT molecular complexity index is 1110. The number of halogens is 1. The van der Waals surface area contributed by atoms with Crippen LogP contribution in [0.1, 0.15) is 10.4 Å². The lowest BCUT2D eigenvalue weighted by Crippen LogP contribution is -2.04. The molecule has 0 spiro atoms. The summed E-state index contributed by atoms with van der Waals surface area (Å²) in [7, 11) is 1.37.